The Labute approximate surface area is 105 Å². The number of halogens is 1. The van der Waals surface area contributed by atoms with Crippen LogP contribution < -0.4 is 4.74 Å². The van der Waals surface area contributed by atoms with Crippen molar-refractivity contribution < 1.29 is 14.4 Å². The summed E-state index contributed by atoms with van der Waals surface area (Å²) in [7, 11) is 4.51. The van der Waals surface area contributed by atoms with Crippen LogP contribution in [-0.4, -0.2) is 32.2 Å². The molecule has 0 saturated heterocycles. The van der Waals surface area contributed by atoms with Crippen LogP contribution in [0.2, 0.25) is 5.02 Å². The summed E-state index contributed by atoms with van der Waals surface area (Å²) in [5.41, 5.74) is 0.734. The highest BCUT2D eigenvalue weighted by atomic mass is 35.5. The average Bonchev–Trinajstić information content (AvgIpc) is 2.35. The fraction of sp³-hybridized carbons (Fsp3) is 0.250. The Balaban J connectivity index is 2.90. The molecule has 1 aromatic rings. The van der Waals surface area contributed by atoms with Crippen LogP contribution in [0, 0.1) is 0 Å². The van der Waals surface area contributed by atoms with Crippen LogP contribution in [0.1, 0.15) is 5.56 Å². The van der Waals surface area contributed by atoms with Crippen LogP contribution in [0.25, 0.3) is 6.08 Å². The number of benzene rings is 1. The summed E-state index contributed by atoms with van der Waals surface area (Å²) in [6, 6.07) is 5.18. The molecule has 1 rings (SSSR count). The van der Waals surface area contributed by atoms with Crippen molar-refractivity contribution in [2.24, 2.45) is 0 Å². The van der Waals surface area contributed by atoms with Gasteiger partial charge in [-0.15, -0.1) is 0 Å². The third kappa shape index (κ3) is 3.76. The van der Waals surface area contributed by atoms with Crippen LogP contribution in [0.3, 0.4) is 0 Å². The number of carbonyl (C=O) groups excluding carboxylic acids is 1. The molecule has 1 aromatic carbocycles. The number of methoxy groups -OCH3 is 1. The molecular formula is C12H14ClNO3. The molecule has 17 heavy (non-hydrogen) atoms. The monoisotopic (exact) mass is 255 g/mol. The summed E-state index contributed by atoms with van der Waals surface area (Å²) < 4.78 is 5.15. The Morgan fingerprint density at radius 1 is 1.41 bits per heavy atom. The van der Waals surface area contributed by atoms with Crippen molar-refractivity contribution in [2.75, 3.05) is 21.3 Å². The van der Waals surface area contributed by atoms with Gasteiger partial charge in [0.05, 0.1) is 14.2 Å². The van der Waals surface area contributed by atoms with Crippen molar-refractivity contribution in [3.8, 4) is 5.75 Å². The molecule has 0 radical (unpaired) electrons. The smallest absolute Gasteiger partial charge is 0.269 e. The van der Waals surface area contributed by atoms with E-state index in [2.05, 4.69) is 0 Å². The van der Waals surface area contributed by atoms with Gasteiger partial charge in [-0.25, -0.2) is 5.06 Å². The topological polar surface area (TPSA) is 38.8 Å². The van der Waals surface area contributed by atoms with E-state index >= 15 is 0 Å². The van der Waals surface area contributed by atoms with Crippen molar-refractivity contribution in [2.45, 2.75) is 0 Å². The molecule has 92 valence electrons. The summed E-state index contributed by atoms with van der Waals surface area (Å²) in [5, 5.41) is 1.70. The summed E-state index contributed by atoms with van der Waals surface area (Å²) in [6.45, 7) is 0. The molecule has 0 fully saturated rings. The molecule has 0 bridgehead atoms. The zero-order valence-electron chi connectivity index (χ0n) is 9.94. The van der Waals surface area contributed by atoms with E-state index in [1.54, 1.807) is 31.4 Å². The zero-order valence-corrected chi connectivity index (χ0v) is 10.7. The van der Waals surface area contributed by atoms with Crippen LogP contribution in [0.5, 0.6) is 5.75 Å². The molecule has 0 heterocycles. The molecular weight excluding hydrogens is 242 g/mol. The molecule has 0 N–H and O–H groups in total. The Bertz CT molecular complexity index is 432. The molecule has 0 saturated carbocycles. The third-order valence-corrected chi connectivity index (χ3v) is 2.42. The quantitative estimate of drug-likeness (QED) is 0.613. The van der Waals surface area contributed by atoms with E-state index in [-0.39, 0.29) is 5.91 Å². The number of nitrogens with zero attached hydrogens (tertiary/aromatic N) is 1. The molecule has 0 unspecified atom stereocenters. The molecule has 0 aromatic heterocycles. The minimum atomic E-state index is -0.269. The first kappa shape index (κ1) is 13.5. The maximum atomic E-state index is 11.5. The Morgan fingerprint density at radius 3 is 2.71 bits per heavy atom. The van der Waals surface area contributed by atoms with Gasteiger partial charge < -0.3 is 4.74 Å². The van der Waals surface area contributed by atoms with E-state index in [4.69, 9.17) is 21.2 Å². The van der Waals surface area contributed by atoms with E-state index in [1.807, 2.05) is 0 Å². The van der Waals surface area contributed by atoms with Gasteiger partial charge in [0, 0.05) is 23.7 Å². The van der Waals surface area contributed by atoms with Crippen LogP contribution in [-0.2, 0) is 9.63 Å². The Hall–Kier alpha value is -1.52. The maximum absolute atomic E-state index is 11.5. The second-order valence-corrected chi connectivity index (χ2v) is 3.67. The first-order valence-corrected chi connectivity index (χ1v) is 5.29. The summed E-state index contributed by atoms with van der Waals surface area (Å²) >= 11 is 5.87. The highest BCUT2D eigenvalue weighted by molar-refractivity contribution is 6.30. The standard InChI is InChI=1S/C12H14ClNO3/c1-14(17-3)12(15)7-4-9-8-10(13)5-6-11(9)16-2/h4-8H,1-3H3. The summed E-state index contributed by atoms with van der Waals surface area (Å²) in [5.74, 6) is 0.382. The van der Waals surface area contributed by atoms with Gasteiger partial charge in [-0.3, -0.25) is 9.63 Å². The number of carbonyl (C=O) groups is 1. The average molecular weight is 256 g/mol. The highest BCUT2D eigenvalue weighted by Gasteiger charge is 2.04. The first-order valence-electron chi connectivity index (χ1n) is 4.92. The van der Waals surface area contributed by atoms with Gasteiger partial charge in [0.25, 0.3) is 5.91 Å². The van der Waals surface area contributed by atoms with Gasteiger partial charge >= 0.3 is 0 Å². The highest BCUT2D eigenvalue weighted by Crippen LogP contribution is 2.23. The molecule has 0 aliphatic carbocycles. The van der Waals surface area contributed by atoms with Crippen LogP contribution in [0.15, 0.2) is 24.3 Å². The van der Waals surface area contributed by atoms with Crippen molar-refractivity contribution in [3.63, 3.8) is 0 Å². The minimum Gasteiger partial charge on any atom is -0.496 e. The number of likely N-dealkylation sites (N-methyl/N-ethyl adjacent to an activating group) is 1. The number of hydrogen-bond acceptors (Lipinski definition) is 3. The van der Waals surface area contributed by atoms with Crippen LogP contribution >= 0.6 is 11.6 Å². The van der Waals surface area contributed by atoms with E-state index in [0.717, 1.165) is 10.6 Å². The molecule has 0 aliphatic rings. The summed E-state index contributed by atoms with van der Waals surface area (Å²) in [4.78, 5) is 16.2. The number of hydroxylamine groups is 2. The van der Waals surface area contributed by atoms with E-state index in [9.17, 15) is 4.79 Å². The second-order valence-electron chi connectivity index (χ2n) is 3.24. The maximum Gasteiger partial charge on any atom is 0.269 e. The van der Waals surface area contributed by atoms with E-state index < -0.39 is 0 Å². The van der Waals surface area contributed by atoms with E-state index in [0.29, 0.717) is 10.8 Å². The fourth-order valence-corrected chi connectivity index (χ4v) is 1.37. The molecule has 0 spiro atoms. The summed E-state index contributed by atoms with van der Waals surface area (Å²) in [6.07, 6.45) is 3.01. The second kappa shape index (κ2) is 6.27. The lowest BCUT2D eigenvalue weighted by Gasteiger charge is -2.10. The normalized spacial score (nSPS) is 10.6. The number of hydrogen-bond donors (Lipinski definition) is 0. The largest absolute Gasteiger partial charge is 0.496 e. The Morgan fingerprint density at radius 2 is 2.12 bits per heavy atom. The lowest BCUT2D eigenvalue weighted by Crippen LogP contribution is -2.22. The van der Waals surface area contributed by atoms with Gasteiger partial charge in [0.15, 0.2) is 0 Å². The zero-order chi connectivity index (χ0) is 12.8. The SMILES string of the molecule is COc1ccc(Cl)cc1C=CC(=O)N(C)OC. The number of amides is 1. The van der Waals surface area contributed by atoms with Gasteiger partial charge in [0.1, 0.15) is 5.75 Å². The van der Waals surface area contributed by atoms with Gasteiger partial charge in [-0.2, -0.15) is 0 Å². The lowest BCUT2D eigenvalue weighted by atomic mass is 10.2. The van der Waals surface area contributed by atoms with Crippen molar-refractivity contribution >= 4 is 23.6 Å². The van der Waals surface area contributed by atoms with Gasteiger partial charge in [-0.1, -0.05) is 11.6 Å². The molecule has 0 atom stereocenters. The molecule has 4 nitrogen and oxygen atoms in total. The number of rotatable bonds is 4. The molecule has 5 heteroatoms. The molecule has 0 aliphatic heterocycles. The van der Waals surface area contributed by atoms with Gasteiger partial charge in [0.2, 0.25) is 0 Å². The van der Waals surface area contributed by atoms with Gasteiger partial charge in [-0.05, 0) is 24.3 Å². The predicted octanol–water partition coefficient (Wildman–Crippen LogP) is 2.38. The molecule has 1 amide bonds. The van der Waals surface area contributed by atoms with E-state index in [1.165, 1.54) is 20.2 Å². The number of ether oxygens (including phenoxy) is 1. The Kier molecular flexibility index (Phi) is 5.00. The fourth-order valence-electron chi connectivity index (χ4n) is 1.19. The first-order chi connectivity index (χ1) is 8.08. The van der Waals surface area contributed by atoms with Crippen LogP contribution in [0.4, 0.5) is 0 Å². The van der Waals surface area contributed by atoms with Crippen molar-refractivity contribution in [1.82, 2.24) is 5.06 Å². The predicted molar refractivity (Wildman–Crippen MR) is 66.8 cm³/mol. The lowest BCUT2D eigenvalue weighted by molar-refractivity contribution is -0.162. The minimum absolute atomic E-state index is 0.269. The van der Waals surface area contributed by atoms with Crippen molar-refractivity contribution in [3.05, 3.63) is 34.9 Å². The third-order valence-electron chi connectivity index (χ3n) is 2.18. The van der Waals surface area contributed by atoms with Crippen molar-refractivity contribution in [1.29, 1.82) is 0 Å².